The van der Waals surface area contributed by atoms with Gasteiger partial charge in [-0.3, -0.25) is 9.59 Å². The van der Waals surface area contributed by atoms with Gasteiger partial charge in [0.15, 0.2) is 5.65 Å². The van der Waals surface area contributed by atoms with Crippen LogP contribution in [0.3, 0.4) is 0 Å². The Morgan fingerprint density at radius 3 is 2.58 bits per heavy atom. The summed E-state index contributed by atoms with van der Waals surface area (Å²) in [5, 5.41) is 5.43. The van der Waals surface area contributed by atoms with Gasteiger partial charge in [0.05, 0.1) is 15.9 Å². The Kier molecular flexibility index (Phi) is 5.28. The minimum absolute atomic E-state index is 0.0580. The monoisotopic (exact) mass is 478 g/mol. The van der Waals surface area contributed by atoms with Crippen LogP contribution in [0, 0.1) is 0 Å². The first kappa shape index (κ1) is 21.1. The lowest BCUT2D eigenvalue weighted by atomic mass is 10.1. The van der Waals surface area contributed by atoms with Gasteiger partial charge < -0.3 is 15.5 Å². The van der Waals surface area contributed by atoms with Crippen LogP contribution < -0.4 is 16.0 Å². The molecule has 3 aromatic carbocycles. The molecule has 2 heterocycles. The number of hydrogen-bond acceptors (Lipinski definition) is 4. The number of primary amides is 1. The van der Waals surface area contributed by atoms with Crippen molar-refractivity contribution in [3.63, 3.8) is 0 Å². The SMILES string of the molecule is NC(=O)c1c(-c2ccc(Cl)cc2Cl)nn2c(=O)c3cc(OCc4ccccc4)ccc3[nH]c12. The smallest absolute Gasteiger partial charge is 0.282 e. The highest BCUT2D eigenvalue weighted by Gasteiger charge is 2.23. The number of rotatable bonds is 5. The molecule has 0 saturated heterocycles. The summed E-state index contributed by atoms with van der Waals surface area (Å²) in [6.45, 7) is 0.360. The third-order valence-electron chi connectivity index (χ3n) is 5.23. The van der Waals surface area contributed by atoms with E-state index in [1.165, 1.54) is 6.07 Å². The van der Waals surface area contributed by atoms with Crippen LogP contribution in [0.15, 0.2) is 71.5 Å². The molecule has 0 unspecified atom stereocenters. The summed E-state index contributed by atoms with van der Waals surface area (Å²) in [5.41, 5.74) is 7.60. The molecule has 7 nitrogen and oxygen atoms in total. The Hall–Kier alpha value is -3.81. The number of aromatic amines is 1. The number of benzene rings is 3. The number of ether oxygens (including phenoxy) is 1. The van der Waals surface area contributed by atoms with E-state index in [0.717, 1.165) is 10.1 Å². The normalized spacial score (nSPS) is 11.2. The molecule has 9 heteroatoms. The number of nitrogens with one attached hydrogen (secondary N) is 1. The molecule has 164 valence electrons. The first-order valence-electron chi connectivity index (χ1n) is 9.93. The van der Waals surface area contributed by atoms with Gasteiger partial charge >= 0.3 is 0 Å². The molecule has 0 saturated carbocycles. The molecule has 0 aliphatic carbocycles. The van der Waals surface area contributed by atoms with Gasteiger partial charge in [-0.1, -0.05) is 53.5 Å². The lowest BCUT2D eigenvalue weighted by Crippen LogP contribution is -2.17. The zero-order valence-electron chi connectivity index (χ0n) is 17.0. The molecule has 0 aliphatic rings. The Bertz CT molecular complexity index is 1590. The molecule has 1 amide bonds. The standard InChI is InChI=1S/C24H16Cl2N4O3/c25-14-6-8-16(18(26)10-14)21-20(22(27)31)23-28-19-9-7-15(11-17(19)24(32)30(23)29-21)33-12-13-4-2-1-3-5-13/h1-11,28H,12H2,(H2,27,31). The van der Waals surface area contributed by atoms with Gasteiger partial charge in [-0.05, 0) is 42.0 Å². The summed E-state index contributed by atoms with van der Waals surface area (Å²) in [7, 11) is 0. The number of amides is 1. The number of carbonyl (C=O) groups excluding carboxylic acids is 1. The Balaban J connectivity index is 1.65. The molecule has 2 aromatic heterocycles. The summed E-state index contributed by atoms with van der Waals surface area (Å²) in [4.78, 5) is 28.7. The molecule has 0 bridgehead atoms. The third-order valence-corrected chi connectivity index (χ3v) is 5.78. The van der Waals surface area contributed by atoms with Crippen LogP contribution in [-0.2, 0) is 6.61 Å². The van der Waals surface area contributed by atoms with Crippen molar-refractivity contribution in [1.29, 1.82) is 0 Å². The first-order chi connectivity index (χ1) is 15.9. The topological polar surface area (TPSA) is 102 Å². The second kappa shape index (κ2) is 8.27. The predicted molar refractivity (Wildman–Crippen MR) is 128 cm³/mol. The summed E-state index contributed by atoms with van der Waals surface area (Å²) < 4.78 is 6.96. The zero-order chi connectivity index (χ0) is 23.1. The minimum atomic E-state index is -0.746. The number of hydrogen-bond donors (Lipinski definition) is 2. The highest BCUT2D eigenvalue weighted by molar-refractivity contribution is 6.36. The highest BCUT2D eigenvalue weighted by atomic mass is 35.5. The van der Waals surface area contributed by atoms with E-state index < -0.39 is 11.5 Å². The average molecular weight is 479 g/mol. The maximum atomic E-state index is 13.3. The number of nitrogens with two attached hydrogens (primary N) is 1. The fourth-order valence-electron chi connectivity index (χ4n) is 3.67. The number of halogens is 2. The Labute approximate surface area is 197 Å². The lowest BCUT2D eigenvalue weighted by molar-refractivity contribution is 0.100. The molecular weight excluding hydrogens is 463 g/mol. The van der Waals surface area contributed by atoms with Crippen molar-refractivity contribution in [2.24, 2.45) is 5.73 Å². The van der Waals surface area contributed by atoms with Gasteiger partial charge in [0, 0.05) is 10.6 Å². The minimum Gasteiger partial charge on any atom is -0.489 e. The molecule has 33 heavy (non-hydrogen) atoms. The van der Waals surface area contributed by atoms with E-state index in [1.807, 2.05) is 30.3 Å². The number of H-pyrrole nitrogens is 1. The number of aromatic nitrogens is 3. The maximum absolute atomic E-state index is 13.3. The first-order valence-corrected chi connectivity index (χ1v) is 10.7. The van der Waals surface area contributed by atoms with Crippen molar-refractivity contribution in [3.05, 3.63) is 98.3 Å². The third kappa shape index (κ3) is 3.82. The van der Waals surface area contributed by atoms with Crippen molar-refractivity contribution in [1.82, 2.24) is 14.6 Å². The van der Waals surface area contributed by atoms with Crippen molar-refractivity contribution in [2.45, 2.75) is 6.61 Å². The van der Waals surface area contributed by atoms with Crippen LogP contribution in [0.25, 0.3) is 27.8 Å². The van der Waals surface area contributed by atoms with Crippen LogP contribution in [0.2, 0.25) is 10.0 Å². The quantitative estimate of drug-likeness (QED) is 0.377. The van der Waals surface area contributed by atoms with Gasteiger partial charge in [-0.2, -0.15) is 9.61 Å². The maximum Gasteiger partial charge on any atom is 0.282 e. The van der Waals surface area contributed by atoms with Crippen LogP contribution in [0.1, 0.15) is 15.9 Å². The molecule has 0 atom stereocenters. The van der Waals surface area contributed by atoms with Gasteiger partial charge in [0.1, 0.15) is 23.6 Å². The van der Waals surface area contributed by atoms with Gasteiger partial charge in [0.25, 0.3) is 11.5 Å². The van der Waals surface area contributed by atoms with E-state index >= 15 is 0 Å². The highest BCUT2D eigenvalue weighted by Crippen LogP contribution is 2.33. The van der Waals surface area contributed by atoms with Crippen molar-refractivity contribution >= 4 is 45.7 Å². The van der Waals surface area contributed by atoms with E-state index in [0.29, 0.717) is 33.8 Å². The van der Waals surface area contributed by atoms with Crippen molar-refractivity contribution < 1.29 is 9.53 Å². The predicted octanol–water partition coefficient (Wildman–Crippen LogP) is 4.83. The van der Waals surface area contributed by atoms with E-state index in [1.54, 1.807) is 30.3 Å². The number of carbonyl (C=O) groups is 1. The van der Waals surface area contributed by atoms with Crippen LogP contribution in [0.4, 0.5) is 0 Å². The summed E-state index contributed by atoms with van der Waals surface area (Å²) in [6, 6.07) is 19.6. The van der Waals surface area contributed by atoms with E-state index in [-0.39, 0.29) is 21.9 Å². The fourth-order valence-corrected chi connectivity index (χ4v) is 4.16. The van der Waals surface area contributed by atoms with E-state index in [4.69, 9.17) is 33.7 Å². The van der Waals surface area contributed by atoms with E-state index in [2.05, 4.69) is 10.1 Å². The molecule has 5 aromatic rings. The number of fused-ring (bicyclic) bond motifs is 2. The van der Waals surface area contributed by atoms with Gasteiger partial charge in [-0.25, -0.2) is 0 Å². The zero-order valence-corrected chi connectivity index (χ0v) is 18.5. The average Bonchev–Trinajstić information content (AvgIpc) is 3.18. The van der Waals surface area contributed by atoms with Crippen LogP contribution in [-0.4, -0.2) is 20.5 Å². The number of nitrogens with zero attached hydrogens (tertiary/aromatic N) is 2. The van der Waals surface area contributed by atoms with Crippen LogP contribution >= 0.6 is 23.2 Å². The molecular formula is C24H16Cl2N4O3. The van der Waals surface area contributed by atoms with Crippen molar-refractivity contribution in [2.75, 3.05) is 0 Å². The summed E-state index contributed by atoms with van der Waals surface area (Å²) in [5.74, 6) is -0.219. The lowest BCUT2D eigenvalue weighted by Gasteiger charge is -2.08. The Morgan fingerprint density at radius 1 is 1.06 bits per heavy atom. The van der Waals surface area contributed by atoms with Crippen LogP contribution in [0.5, 0.6) is 5.75 Å². The molecule has 5 rings (SSSR count). The molecule has 3 N–H and O–H groups in total. The van der Waals surface area contributed by atoms with Gasteiger partial charge in [-0.15, -0.1) is 0 Å². The van der Waals surface area contributed by atoms with Crippen molar-refractivity contribution in [3.8, 4) is 17.0 Å². The second-order valence-corrected chi connectivity index (χ2v) is 8.23. The largest absolute Gasteiger partial charge is 0.489 e. The molecule has 0 spiro atoms. The molecule has 0 fully saturated rings. The second-order valence-electron chi connectivity index (χ2n) is 7.38. The Morgan fingerprint density at radius 2 is 1.85 bits per heavy atom. The summed E-state index contributed by atoms with van der Waals surface area (Å²) >= 11 is 12.3. The summed E-state index contributed by atoms with van der Waals surface area (Å²) in [6.07, 6.45) is 0. The van der Waals surface area contributed by atoms with Gasteiger partial charge in [0.2, 0.25) is 0 Å². The van der Waals surface area contributed by atoms with E-state index in [9.17, 15) is 9.59 Å². The molecule has 0 radical (unpaired) electrons. The fraction of sp³-hybridized carbons (Fsp3) is 0.0417. The molecule has 0 aliphatic heterocycles.